The number of piperidine rings is 1. The van der Waals surface area contributed by atoms with Crippen LogP contribution in [-0.4, -0.2) is 59.5 Å². The molecule has 1 fully saturated rings. The highest BCUT2D eigenvalue weighted by Crippen LogP contribution is 2.38. The minimum Gasteiger partial charge on any atom is -0.427 e. The van der Waals surface area contributed by atoms with E-state index < -0.39 is 23.2 Å². The molecule has 39 heavy (non-hydrogen) atoms. The third-order valence-electron chi connectivity index (χ3n) is 7.48. The summed E-state index contributed by atoms with van der Waals surface area (Å²) in [6, 6.07) is 8.32. The number of carbonyl (C=O) groups excluding carboxylic acids is 1. The van der Waals surface area contributed by atoms with E-state index in [-0.39, 0.29) is 16.9 Å². The number of urea groups is 1. The molecule has 1 aliphatic heterocycles. The number of aromatic nitrogens is 3. The van der Waals surface area contributed by atoms with Crippen LogP contribution in [0.5, 0.6) is 0 Å². The number of aryl methyl sites for hydroxylation is 1. The van der Waals surface area contributed by atoms with Crippen molar-refractivity contribution in [2.45, 2.75) is 62.8 Å². The second-order valence-electron chi connectivity index (χ2n) is 10.4. The number of sulfonamides is 1. The van der Waals surface area contributed by atoms with Crippen molar-refractivity contribution in [1.82, 2.24) is 19.5 Å². The predicted molar refractivity (Wildman–Crippen MR) is 149 cm³/mol. The molecular weight excluding hydrogens is 519 g/mol. The highest BCUT2D eigenvalue weighted by Gasteiger charge is 2.29. The maximum atomic E-state index is 13.0. The molecule has 0 bridgehead atoms. The van der Waals surface area contributed by atoms with Crippen LogP contribution in [0.25, 0.3) is 11.1 Å². The molecule has 0 radical (unpaired) electrons. The SMILES string of the molecule is CC(C)n1ccc(S(=O)(=O)NC(=O)Nc2c(-c3ccnc(N4CCC(B(O)O)CC4)c3)ccc3c2CCC3)n1. The quantitative estimate of drug-likeness (QED) is 0.327. The van der Waals surface area contributed by atoms with Gasteiger partial charge in [-0.2, -0.15) is 13.5 Å². The molecule has 206 valence electrons. The highest BCUT2D eigenvalue weighted by atomic mass is 32.2. The van der Waals surface area contributed by atoms with Gasteiger partial charge in [0, 0.05) is 37.1 Å². The van der Waals surface area contributed by atoms with Crippen molar-refractivity contribution in [2.24, 2.45) is 0 Å². The van der Waals surface area contributed by atoms with Crippen LogP contribution >= 0.6 is 0 Å². The van der Waals surface area contributed by atoms with Gasteiger partial charge in [0.25, 0.3) is 10.0 Å². The molecule has 2 aromatic heterocycles. The smallest absolute Gasteiger partial charge is 0.427 e. The topological polar surface area (TPSA) is 150 Å². The number of hydrogen-bond donors (Lipinski definition) is 4. The van der Waals surface area contributed by atoms with Crippen LogP contribution in [0.15, 0.2) is 47.8 Å². The normalized spacial score (nSPS) is 15.9. The zero-order valence-electron chi connectivity index (χ0n) is 22.0. The van der Waals surface area contributed by atoms with Gasteiger partial charge in [0.15, 0.2) is 5.03 Å². The summed E-state index contributed by atoms with van der Waals surface area (Å²) < 4.78 is 29.3. The Balaban J connectivity index is 1.40. The molecule has 13 heteroatoms. The average molecular weight is 552 g/mol. The van der Waals surface area contributed by atoms with Crippen LogP contribution in [0.1, 0.15) is 50.3 Å². The molecule has 3 heterocycles. The second-order valence-corrected chi connectivity index (χ2v) is 12.0. The summed E-state index contributed by atoms with van der Waals surface area (Å²) in [7, 11) is -5.47. The van der Waals surface area contributed by atoms with Crippen LogP contribution in [0, 0.1) is 0 Å². The predicted octanol–water partition coefficient (Wildman–Crippen LogP) is 2.97. The number of amides is 2. The Morgan fingerprint density at radius 2 is 1.90 bits per heavy atom. The standard InChI is InChI=1S/C26H33BN6O5S/c1-17(2)33-15-11-24(30-33)39(37,38)31-26(34)29-25-21-5-3-4-18(21)6-7-22(25)19-8-12-28-23(16-19)32-13-9-20(10-14-32)27(35)36/h6-8,11-12,15-17,20,35-36H,3-5,9-10,13-14H2,1-2H3,(H2,29,31,34). The minimum absolute atomic E-state index is 0.0184. The first-order valence-electron chi connectivity index (χ1n) is 13.2. The Labute approximate surface area is 228 Å². The first-order chi connectivity index (χ1) is 18.6. The molecule has 4 N–H and O–H groups in total. The van der Waals surface area contributed by atoms with Crippen LogP contribution in [0.2, 0.25) is 5.82 Å². The number of nitrogens with one attached hydrogen (secondary N) is 2. The van der Waals surface area contributed by atoms with Gasteiger partial charge in [0.1, 0.15) is 5.82 Å². The third kappa shape index (κ3) is 5.80. The van der Waals surface area contributed by atoms with Crippen molar-refractivity contribution in [3.63, 3.8) is 0 Å². The fourth-order valence-corrected chi connectivity index (χ4v) is 6.14. The molecule has 11 nitrogen and oxygen atoms in total. The van der Waals surface area contributed by atoms with E-state index in [1.807, 2.05) is 32.0 Å². The van der Waals surface area contributed by atoms with Crippen molar-refractivity contribution >= 4 is 34.7 Å². The maximum absolute atomic E-state index is 13.0. The van der Waals surface area contributed by atoms with Gasteiger partial charge in [-0.05, 0) is 86.7 Å². The first kappa shape index (κ1) is 27.2. The van der Waals surface area contributed by atoms with Gasteiger partial charge in [-0.25, -0.2) is 14.5 Å². The molecule has 0 unspecified atom stereocenters. The van der Waals surface area contributed by atoms with E-state index >= 15 is 0 Å². The van der Waals surface area contributed by atoms with Gasteiger partial charge < -0.3 is 20.3 Å². The summed E-state index contributed by atoms with van der Waals surface area (Å²) in [6.07, 6.45) is 7.20. The molecule has 0 atom stereocenters. The van der Waals surface area contributed by atoms with Crippen molar-refractivity contribution in [3.8, 4) is 11.1 Å². The van der Waals surface area contributed by atoms with Gasteiger partial charge in [-0.1, -0.05) is 12.1 Å². The molecule has 5 rings (SSSR count). The van der Waals surface area contributed by atoms with Crippen molar-refractivity contribution in [2.75, 3.05) is 23.3 Å². The summed E-state index contributed by atoms with van der Waals surface area (Å²) in [4.78, 5) is 19.7. The Hall–Kier alpha value is -3.42. The lowest BCUT2D eigenvalue weighted by molar-refractivity contribution is 0.256. The van der Waals surface area contributed by atoms with E-state index in [9.17, 15) is 23.3 Å². The first-order valence-corrected chi connectivity index (χ1v) is 14.7. The second kappa shape index (κ2) is 11.0. The lowest BCUT2D eigenvalue weighted by Gasteiger charge is -2.32. The molecule has 0 saturated carbocycles. The number of hydrogen-bond acceptors (Lipinski definition) is 8. The van der Waals surface area contributed by atoms with Gasteiger partial charge in [0.05, 0.1) is 5.69 Å². The number of pyridine rings is 1. The zero-order valence-corrected chi connectivity index (χ0v) is 22.9. The molecule has 1 aromatic carbocycles. The Kier molecular flexibility index (Phi) is 7.65. The molecule has 0 spiro atoms. The number of fused-ring (bicyclic) bond motifs is 1. The van der Waals surface area contributed by atoms with Crippen LogP contribution < -0.4 is 14.9 Å². The number of carbonyl (C=O) groups is 1. The van der Waals surface area contributed by atoms with E-state index in [2.05, 4.69) is 31.1 Å². The molecule has 2 aliphatic rings. The van der Waals surface area contributed by atoms with E-state index in [0.29, 0.717) is 31.6 Å². The largest absolute Gasteiger partial charge is 0.454 e. The van der Waals surface area contributed by atoms with E-state index in [1.54, 1.807) is 12.4 Å². The summed E-state index contributed by atoms with van der Waals surface area (Å²) >= 11 is 0. The Morgan fingerprint density at radius 3 is 2.59 bits per heavy atom. The van der Waals surface area contributed by atoms with Crippen molar-refractivity contribution in [3.05, 3.63) is 53.9 Å². The van der Waals surface area contributed by atoms with Crippen molar-refractivity contribution in [1.29, 1.82) is 0 Å². The summed E-state index contributed by atoms with van der Waals surface area (Å²) in [5.74, 6) is 0.614. The van der Waals surface area contributed by atoms with Crippen LogP contribution in [0.4, 0.5) is 16.3 Å². The zero-order chi connectivity index (χ0) is 27.7. The van der Waals surface area contributed by atoms with Gasteiger partial charge in [0.2, 0.25) is 0 Å². The summed E-state index contributed by atoms with van der Waals surface area (Å²) in [5.41, 5.74) is 4.33. The maximum Gasteiger partial charge on any atom is 0.454 e. The van der Waals surface area contributed by atoms with E-state index in [4.69, 9.17) is 0 Å². The molecule has 1 aliphatic carbocycles. The molecule has 1 saturated heterocycles. The molecule has 2 amide bonds. The lowest BCUT2D eigenvalue weighted by atomic mass is 9.67. The van der Waals surface area contributed by atoms with Gasteiger partial charge >= 0.3 is 13.1 Å². The summed E-state index contributed by atoms with van der Waals surface area (Å²) in [5, 5.41) is 25.7. The van der Waals surface area contributed by atoms with E-state index in [0.717, 1.165) is 47.3 Å². The van der Waals surface area contributed by atoms with Crippen LogP contribution in [-0.2, 0) is 22.9 Å². The lowest BCUT2D eigenvalue weighted by Crippen LogP contribution is -2.37. The van der Waals surface area contributed by atoms with Crippen molar-refractivity contribution < 1.29 is 23.3 Å². The molecule has 3 aromatic rings. The molecular formula is C26H33BN6O5S. The number of rotatable bonds is 7. The number of nitrogens with zero attached hydrogens (tertiary/aromatic N) is 4. The fraction of sp³-hybridized carbons (Fsp3) is 0.423. The third-order valence-corrected chi connectivity index (χ3v) is 8.70. The van der Waals surface area contributed by atoms with Gasteiger partial charge in [-0.15, -0.1) is 0 Å². The Morgan fingerprint density at radius 1 is 1.13 bits per heavy atom. The summed E-state index contributed by atoms with van der Waals surface area (Å²) in [6.45, 7) is 5.07. The number of anilines is 2. The fourth-order valence-electron chi connectivity index (χ4n) is 5.30. The van der Waals surface area contributed by atoms with E-state index in [1.165, 1.54) is 10.7 Å². The minimum atomic E-state index is -4.16. The average Bonchev–Trinajstić information content (AvgIpc) is 3.60. The van der Waals surface area contributed by atoms with Gasteiger partial charge in [-0.3, -0.25) is 4.68 Å². The highest BCUT2D eigenvalue weighted by molar-refractivity contribution is 7.90. The Bertz CT molecular complexity index is 1470. The number of benzene rings is 1. The monoisotopic (exact) mass is 552 g/mol. The van der Waals surface area contributed by atoms with Crippen LogP contribution in [0.3, 0.4) is 0 Å².